The van der Waals surface area contributed by atoms with Gasteiger partial charge in [-0.1, -0.05) is 38.1 Å². The van der Waals surface area contributed by atoms with Gasteiger partial charge in [0.25, 0.3) is 0 Å². The minimum absolute atomic E-state index is 0.000411. The third-order valence-corrected chi connectivity index (χ3v) is 4.87. The lowest BCUT2D eigenvalue weighted by molar-refractivity contribution is 0.179. The number of aliphatic imine (C=N–C) groups is 1. The lowest BCUT2D eigenvalue weighted by atomic mass is 10.1. The van der Waals surface area contributed by atoms with Crippen molar-refractivity contribution >= 4 is 35.0 Å². The fourth-order valence-corrected chi connectivity index (χ4v) is 3.39. The van der Waals surface area contributed by atoms with E-state index in [2.05, 4.69) is 20.1 Å². The number of carbonyl (C=O) groups excluding carboxylic acids is 1. The molecule has 11 heteroatoms. The summed E-state index contributed by atoms with van der Waals surface area (Å²) in [6, 6.07) is 6.44. The zero-order valence-corrected chi connectivity index (χ0v) is 20.3. The number of benzene rings is 1. The number of halogens is 1. The molecule has 0 spiro atoms. The number of hydrogen-bond donors (Lipinski definition) is 2. The number of nitrogens with zero attached hydrogens (tertiary/aromatic N) is 6. The highest BCUT2D eigenvalue weighted by Gasteiger charge is 2.32. The van der Waals surface area contributed by atoms with Crippen molar-refractivity contribution in [2.24, 2.45) is 10.1 Å². The van der Waals surface area contributed by atoms with Crippen molar-refractivity contribution < 1.29 is 13.9 Å². The van der Waals surface area contributed by atoms with Gasteiger partial charge in [0.1, 0.15) is 17.2 Å². The summed E-state index contributed by atoms with van der Waals surface area (Å²) in [4.78, 5) is 26.3. The molecule has 0 unspecified atom stereocenters. The van der Waals surface area contributed by atoms with Gasteiger partial charge in [-0.05, 0) is 19.9 Å². The Kier molecular flexibility index (Phi) is 9.05. The maximum absolute atomic E-state index is 14.2. The molecule has 0 fully saturated rings. The van der Waals surface area contributed by atoms with E-state index in [1.807, 2.05) is 20.8 Å². The van der Waals surface area contributed by atoms with Crippen LogP contribution in [0.3, 0.4) is 0 Å². The third-order valence-electron chi connectivity index (χ3n) is 4.87. The summed E-state index contributed by atoms with van der Waals surface area (Å²) in [6.45, 7) is 7.98. The summed E-state index contributed by atoms with van der Waals surface area (Å²) < 4.78 is 19.0. The van der Waals surface area contributed by atoms with Gasteiger partial charge in [-0.25, -0.2) is 24.2 Å². The van der Waals surface area contributed by atoms with Crippen LogP contribution in [0, 0.1) is 5.82 Å². The molecule has 2 heterocycles. The van der Waals surface area contributed by atoms with Crippen LogP contribution in [0.5, 0.6) is 0 Å². The van der Waals surface area contributed by atoms with Crippen molar-refractivity contribution in [1.82, 2.24) is 15.0 Å². The lowest BCUT2D eigenvalue weighted by Gasteiger charge is -2.21. The zero-order chi connectivity index (χ0) is 25.4. The molecule has 0 saturated heterocycles. The Hall–Kier alpha value is -4.02. The monoisotopic (exact) mass is 470 g/mol. The van der Waals surface area contributed by atoms with Crippen LogP contribution in [0.15, 0.2) is 46.0 Å². The molecule has 182 valence electrons. The van der Waals surface area contributed by atoms with E-state index >= 15 is 0 Å². The fourth-order valence-electron chi connectivity index (χ4n) is 3.39. The van der Waals surface area contributed by atoms with Gasteiger partial charge >= 0.3 is 6.09 Å². The first-order valence-corrected chi connectivity index (χ1v) is 10.9. The van der Waals surface area contributed by atoms with Gasteiger partial charge in [-0.3, -0.25) is 9.89 Å². The van der Waals surface area contributed by atoms with E-state index in [0.717, 1.165) is 0 Å². The maximum atomic E-state index is 14.2. The van der Waals surface area contributed by atoms with E-state index in [0.29, 0.717) is 22.7 Å². The van der Waals surface area contributed by atoms with E-state index in [4.69, 9.17) is 16.2 Å². The molecule has 4 N–H and O–H groups in total. The van der Waals surface area contributed by atoms with E-state index in [-0.39, 0.29) is 42.1 Å². The molecule has 1 aliphatic heterocycles. The number of nitrogen functional groups attached to an aromatic ring is 2. The number of allylic oxidation sites excluding steroid dienone is 1. The second-order valence-corrected chi connectivity index (χ2v) is 6.73. The normalized spacial score (nSPS) is 15.1. The van der Waals surface area contributed by atoms with Crippen molar-refractivity contribution in [3.05, 3.63) is 53.1 Å². The average molecular weight is 471 g/mol. The molecular formula is C23H31FN8O2. The molecule has 1 aromatic heterocycles. The van der Waals surface area contributed by atoms with Crippen LogP contribution in [0.4, 0.5) is 26.5 Å². The minimum Gasteiger partial charge on any atom is -0.452 e. The van der Waals surface area contributed by atoms with Crippen molar-refractivity contribution in [1.29, 1.82) is 0 Å². The number of ether oxygens (including phenoxy) is 1. The number of rotatable bonds is 5. The average Bonchev–Trinajstić information content (AvgIpc) is 3.20. The number of aromatic nitrogens is 2. The molecule has 1 aromatic carbocycles. The van der Waals surface area contributed by atoms with Crippen LogP contribution in [-0.4, -0.2) is 53.3 Å². The van der Waals surface area contributed by atoms with Crippen molar-refractivity contribution in [3.8, 4) is 0 Å². The van der Waals surface area contributed by atoms with Crippen molar-refractivity contribution in [3.63, 3.8) is 0 Å². The summed E-state index contributed by atoms with van der Waals surface area (Å²) >= 11 is 0. The number of amides is 1. The SMILES string of the molecule is C/C=C1/C(c2nc(N)c(N(CC)C(=O)OC)c(N)n2)=NN(Cc2ccccc2F)C1=NC.CC. The number of hydrazone groups is 1. The number of nitrogens with two attached hydrogens (primary N) is 2. The summed E-state index contributed by atoms with van der Waals surface area (Å²) in [5, 5.41) is 6.14. The molecule has 34 heavy (non-hydrogen) atoms. The van der Waals surface area contributed by atoms with Crippen molar-refractivity contribution in [2.75, 3.05) is 37.1 Å². The second kappa shape index (κ2) is 11.7. The quantitative estimate of drug-likeness (QED) is 0.681. The predicted octanol–water partition coefficient (Wildman–Crippen LogP) is 3.59. The molecule has 1 aliphatic rings. The summed E-state index contributed by atoms with van der Waals surface area (Å²) in [5.41, 5.74) is 13.9. The Bertz CT molecular complexity index is 1110. The smallest absolute Gasteiger partial charge is 0.414 e. The number of carbonyl (C=O) groups is 1. The third kappa shape index (κ3) is 5.13. The minimum atomic E-state index is -0.633. The summed E-state index contributed by atoms with van der Waals surface area (Å²) in [7, 11) is 2.88. The Morgan fingerprint density at radius 3 is 2.35 bits per heavy atom. The van der Waals surface area contributed by atoms with Crippen LogP contribution in [0.2, 0.25) is 0 Å². The molecule has 0 radical (unpaired) electrons. The van der Waals surface area contributed by atoms with Crippen molar-refractivity contribution in [2.45, 2.75) is 34.2 Å². The van der Waals surface area contributed by atoms with Crippen LogP contribution in [0.25, 0.3) is 0 Å². The molecule has 0 aliphatic carbocycles. The van der Waals surface area contributed by atoms with Crippen LogP contribution < -0.4 is 16.4 Å². The summed E-state index contributed by atoms with van der Waals surface area (Å²) in [5.74, 6) is 0.348. The topological polar surface area (TPSA) is 135 Å². The number of anilines is 3. The first-order chi connectivity index (χ1) is 16.4. The lowest BCUT2D eigenvalue weighted by Crippen LogP contribution is -2.32. The van der Waals surface area contributed by atoms with Gasteiger partial charge < -0.3 is 16.2 Å². The Morgan fingerprint density at radius 1 is 1.24 bits per heavy atom. The molecule has 1 amide bonds. The fraction of sp³-hybridized carbons (Fsp3) is 0.348. The van der Waals surface area contributed by atoms with Gasteiger partial charge in [0, 0.05) is 24.7 Å². The molecule has 2 aromatic rings. The van der Waals surface area contributed by atoms with Gasteiger partial charge in [0.15, 0.2) is 23.3 Å². The van der Waals surface area contributed by atoms with Crippen LogP contribution >= 0.6 is 0 Å². The number of hydrogen-bond acceptors (Lipinski definition) is 8. The highest BCUT2D eigenvalue weighted by Crippen LogP contribution is 2.30. The molecule has 10 nitrogen and oxygen atoms in total. The number of amidine groups is 1. The first-order valence-electron chi connectivity index (χ1n) is 10.9. The number of methoxy groups -OCH3 is 1. The van der Waals surface area contributed by atoms with Crippen LogP contribution in [-0.2, 0) is 11.3 Å². The summed E-state index contributed by atoms with van der Waals surface area (Å²) in [6.07, 6.45) is 1.17. The van der Waals surface area contributed by atoms with Crippen LogP contribution in [0.1, 0.15) is 39.1 Å². The van der Waals surface area contributed by atoms with Gasteiger partial charge in [0.05, 0.1) is 13.7 Å². The van der Waals surface area contributed by atoms with Gasteiger partial charge in [-0.15, -0.1) is 0 Å². The molecule has 0 saturated carbocycles. The van der Waals surface area contributed by atoms with Gasteiger partial charge in [-0.2, -0.15) is 5.10 Å². The van der Waals surface area contributed by atoms with E-state index in [1.165, 1.54) is 18.1 Å². The molecule has 3 rings (SSSR count). The first kappa shape index (κ1) is 26.2. The van der Waals surface area contributed by atoms with E-state index < -0.39 is 6.09 Å². The standard InChI is InChI=1S/C21H25FN8O2.C2H6/c1-5-13-15(28-30(20(13)25-3)11-12-9-7-8-10-14(12)22)19-26-17(23)16(18(24)27-19)29(6-2)21(31)32-4;1-2/h5,7-10H,6,11H2,1-4H3,(H4,23,24,26,27);1-2H3/b13-5-,25-20?;. The Balaban J connectivity index is 0.00000199. The molecule has 0 atom stereocenters. The maximum Gasteiger partial charge on any atom is 0.414 e. The molecular weight excluding hydrogens is 439 g/mol. The molecule has 0 bridgehead atoms. The highest BCUT2D eigenvalue weighted by atomic mass is 19.1. The Labute approximate surface area is 198 Å². The van der Waals surface area contributed by atoms with Gasteiger partial charge in [0.2, 0.25) is 0 Å². The van der Waals surface area contributed by atoms with E-state index in [9.17, 15) is 9.18 Å². The Morgan fingerprint density at radius 2 is 1.85 bits per heavy atom. The predicted molar refractivity (Wildman–Crippen MR) is 133 cm³/mol. The highest BCUT2D eigenvalue weighted by molar-refractivity contribution is 6.31. The zero-order valence-electron chi connectivity index (χ0n) is 20.3. The second-order valence-electron chi connectivity index (χ2n) is 6.73. The largest absolute Gasteiger partial charge is 0.452 e. The van der Waals surface area contributed by atoms with E-state index in [1.54, 1.807) is 43.3 Å².